The van der Waals surface area contributed by atoms with Gasteiger partial charge in [-0.15, -0.1) is 0 Å². The average molecular weight is 404 g/mol. The number of hydrogen-bond donors (Lipinski definition) is 0. The number of hydrogen-bond acceptors (Lipinski definition) is 6. The van der Waals surface area contributed by atoms with E-state index in [-0.39, 0.29) is 11.5 Å². The molecule has 0 unspecified atom stereocenters. The Labute approximate surface area is 171 Å². The van der Waals surface area contributed by atoms with Crippen molar-refractivity contribution in [3.8, 4) is 11.3 Å². The summed E-state index contributed by atoms with van der Waals surface area (Å²) >= 11 is 0. The lowest BCUT2D eigenvalue weighted by atomic mass is 10.1. The quantitative estimate of drug-likeness (QED) is 0.255. The number of nitro groups is 1. The first-order chi connectivity index (χ1) is 14.5. The summed E-state index contributed by atoms with van der Waals surface area (Å²) in [5.41, 5.74) is 1.73. The Balaban J connectivity index is 1.47. The van der Waals surface area contributed by atoms with E-state index in [2.05, 4.69) is 0 Å². The number of nitro benzene ring substituents is 1. The van der Waals surface area contributed by atoms with Crippen LogP contribution in [0, 0.1) is 10.1 Å². The molecule has 1 fully saturated rings. The van der Waals surface area contributed by atoms with Gasteiger partial charge in [0, 0.05) is 28.9 Å². The molecule has 1 aliphatic rings. The molecular weight excluding hydrogens is 388 g/mol. The molecule has 1 saturated heterocycles. The number of ether oxygens (including phenoxy) is 1. The fourth-order valence-corrected chi connectivity index (χ4v) is 3.05. The molecule has 1 aromatic heterocycles. The summed E-state index contributed by atoms with van der Waals surface area (Å²) in [6.45, 7) is 0.774. The maximum Gasteiger partial charge on any atom is 0.414 e. The lowest BCUT2D eigenvalue weighted by molar-refractivity contribution is -0.384. The van der Waals surface area contributed by atoms with Crippen LogP contribution in [0.4, 0.5) is 16.2 Å². The molecule has 1 aliphatic heterocycles. The van der Waals surface area contributed by atoms with Gasteiger partial charge in [0.15, 0.2) is 5.78 Å². The smallest absolute Gasteiger partial charge is 0.414 e. The van der Waals surface area contributed by atoms with Gasteiger partial charge in [0.2, 0.25) is 0 Å². The van der Waals surface area contributed by atoms with Gasteiger partial charge in [0.1, 0.15) is 18.1 Å². The monoisotopic (exact) mass is 404 g/mol. The number of carbonyl (C=O) groups excluding carboxylic acids is 2. The predicted octanol–water partition coefficient (Wildman–Crippen LogP) is 4.71. The van der Waals surface area contributed by atoms with E-state index in [1.807, 2.05) is 0 Å². The van der Waals surface area contributed by atoms with Crippen molar-refractivity contribution in [2.45, 2.75) is 0 Å². The lowest BCUT2D eigenvalue weighted by Gasteiger charge is -2.13. The fourth-order valence-electron chi connectivity index (χ4n) is 3.05. The van der Waals surface area contributed by atoms with E-state index in [1.165, 1.54) is 23.1 Å². The number of nitrogens with zero attached hydrogens (tertiary/aromatic N) is 2. The highest BCUT2D eigenvalue weighted by Crippen LogP contribution is 2.25. The first-order valence-electron chi connectivity index (χ1n) is 9.13. The molecule has 150 valence electrons. The molecule has 2 aromatic carbocycles. The summed E-state index contributed by atoms with van der Waals surface area (Å²) in [6.07, 6.45) is 2.51. The van der Waals surface area contributed by atoms with Crippen LogP contribution in [-0.2, 0) is 4.74 Å². The number of cyclic esters (lactones) is 1. The normalized spacial score (nSPS) is 13.6. The molecule has 4 rings (SSSR count). The van der Waals surface area contributed by atoms with Crippen molar-refractivity contribution in [3.05, 3.63) is 88.2 Å². The molecule has 0 spiro atoms. The predicted molar refractivity (Wildman–Crippen MR) is 109 cm³/mol. The molecule has 0 atom stereocenters. The van der Waals surface area contributed by atoms with E-state index >= 15 is 0 Å². The maximum absolute atomic E-state index is 12.5. The van der Waals surface area contributed by atoms with Gasteiger partial charge >= 0.3 is 6.09 Å². The SMILES string of the molecule is O=C(/C=C/c1ccc(-c2ccc([N+](=O)[O-])cc2)o1)c1cccc(N2CCOC2=O)c1. The van der Waals surface area contributed by atoms with E-state index in [0.29, 0.717) is 41.5 Å². The second kappa shape index (κ2) is 8.04. The Kier molecular flexibility index (Phi) is 5.13. The number of non-ortho nitro benzene ring substituents is 1. The van der Waals surface area contributed by atoms with Gasteiger partial charge in [-0.1, -0.05) is 12.1 Å². The van der Waals surface area contributed by atoms with Crippen molar-refractivity contribution in [2.24, 2.45) is 0 Å². The van der Waals surface area contributed by atoms with Crippen molar-refractivity contribution in [2.75, 3.05) is 18.1 Å². The summed E-state index contributed by atoms with van der Waals surface area (Å²) in [5, 5.41) is 10.7. The fraction of sp³-hybridized carbons (Fsp3) is 0.0909. The Morgan fingerprint density at radius 2 is 1.90 bits per heavy atom. The average Bonchev–Trinajstić information content (AvgIpc) is 3.41. The van der Waals surface area contributed by atoms with Crippen molar-refractivity contribution in [1.29, 1.82) is 0 Å². The lowest BCUT2D eigenvalue weighted by Crippen LogP contribution is -2.23. The number of allylic oxidation sites excluding steroid dienone is 1. The second-order valence-electron chi connectivity index (χ2n) is 6.52. The molecule has 0 radical (unpaired) electrons. The summed E-state index contributed by atoms with van der Waals surface area (Å²) in [5.74, 6) is 0.764. The Morgan fingerprint density at radius 3 is 2.60 bits per heavy atom. The number of ketones is 1. The second-order valence-corrected chi connectivity index (χ2v) is 6.52. The van der Waals surface area contributed by atoms with Crippen LogP contribution in [0.2, 0.25) is 0 Å². The highest BCUT2D eigenvalue weighted by molar-refractivity contribution is 6.07. The van der Waals surface area contributed by atoms with E-state index in [4.69, 9.17) is 9.15 Å². The molecule has 2 heterocycles. The Hall–Kier alpha value is -4.20. The summed E-state index contributed by atoms with van der Waals surface area (Å²) in [6, 6.07) is 16.2. The van der Waals surface area contributed by atoms with Gasteiger partial charge in [0.25, 0.3) is 5.69 Å². The van der Waals surface area contributed by atoms with Gasteiger partial charge in [0.05, 0.1) is 11.5 Å². The molecule has 0 aliphatic carbocycles. The van der Waals surface area contributed by atoms with Gasteiger partial charge < -0.3 is 9.15 Å². The van der Waals surface area contributed by atoms with E-state index < -0.39 is 11.0 Å². The van der Waals surface area contributed by atoms with Crippen LogP contribution in [0.25, 0.3) is 17.4 Å². The van der Waals surface area contributed by atoms with Gasteiger partial charge in [-0.05, 0) is 48.6 Å². The highest BCUT2D eigenvalue weighted by atomic mass is 16.6. The van der Waals surface area contributed by atoms with Crippen LogP contribution in [-0.4, -0.2) is 30.0 Å². The summed E-state index contributed by atoms with van der Waals surface area (Å²) < 4.78 is 10.6. The molecule has 0 saturated carbocycles. The zero-order valence-electron chi connectivity index (χ0n) is 15.7. The zero-order valence-corrected chi connectivity index (χ0v) is 15.7. The molecule has 0 bridgehead atoms. The van der Waals surface area contributed by atoms with Crippen LogP contribution in [0.1, 0.15) is 16.1 Å². The molecule has 30 heavy (non-hydrogen) atoms. The standard InChI is InChI=1S/C22H16N2O6/c25-20(16-2-1-3-18(14-16)23-12-13-29-22(23)26)10-8-19-9-11-21(30-19)15-4-6-17(7-5-15)24(27)28/h1-11,14H,12-13H2/b10-8+. The van der Waals surface area contributed by atoms with Crippen LogP contribution in [0.5, 0.6) is 0 Å². The van der Waals surface area contributed by atoms with Gasteiger partial charge in [-0.2, -0.15) is 0 Å². The molecule has 3 aromatic rings. The van der Waals surface area contributed by atoms with Gasteiger partial charge in [-0.3, -0.25) is 19.8 Å². The van der Waals surface area contributed by atoms with E-state index in [9.17, 15) is 19.7 Å². The van der Waals surface area contributed by atoms with Crippen LogP contribution < -0.4 is 4.90 Å². The maximum atomic E-state index is 12.5. The highest BCUT2D eigenvalue weighted by Gasteiger charge is 2.23. The number of anilines is 1. The van der Waals surface area contributed by atoms with Crippen LogP contribution in [0.15, 0.2) is 71.2 Å². The topological polar surface area (TPSA) is 103 Å². The summed E-state index contributed by atoms with van der Waals surface area (Å²) in [7, 11) is 0. The van der Waals surface area contributed by atoms with Gasteiger partial charge in [-0.25, -0.2) is 4.79 Å². The minimum atomic E-state index is -0.465. The minimum absolute atomic E-state index is 0.000412. The largest absolute Gasteiger partial charge is 0.457 e. The molecule has 1 amide bonds. The van der Waals surface area contributed by atoms with Crippen molar-refractivity contribution >= 4 is 29.3 Å². The third kappa shape index (κ3) is 3.97. The van der Waals surface area contributed by atoms with Crippen molar-refractivity contribution in [3.63, 3.8) is 0 Å². The summed E-state index contributed by atoms with van der Waals surface area (Å²) in [4.78, 5) is 36.0. The van der Waals surface area contributed by atoms with E-state index in [0.717, 1.165) is 0 Å². The molecule has 8 heteroatoms. The third-order valence-corrected chi connectivity index (χ3v) is 4.59. The number of rotatable bonds is 6. The zero-order chi connectivity index (χ0) is 21.1. The number of amides is 1. The third-order valence-electron chi connectivity index (χ3n) is 4.59. The first-order valence-corrected chi connectivity index (χ1v) is 9.13. The Morgan fingerprint density at radius 1 is 1.10 bits per heavy atom. The minimum Gasteiger partial charge on any atom is -0.457 e. The number of benzene rings is 2. The molecule has 0 N–H and O–H groups in total. The number of furan rings is 1. The van der Waals surface area contributed by atoms with Crippen LogP contribution >= 0.6 is 0 Å². The van der Waals surface area contributed by atoms with Crippen molar-refractivity contribution < 1.29 is 23.7 Å². The molecule has 8 nitrogen and oxygen atoms in total. The molecular formula is C22H16N2O6. The van der Waals surface area contributed by atoms with Crippen molar-refractivity contribution in [1.82, 2.24) is 0 Å². The first kappa shape index (κ1) is 19.1. The van der Waals surface area contributed by atoms with Crippen LogP contribution in [0.3, 0.4) is 0 Å². The Bertz CT molecular complexity index is 1150. The number of carbonyl (C=O) groups is 2. The van der Waals surface area contributed by atoms with E-state index in [1.54, 1.807) is 54.6 Å².